The molecular weight excluding hydrogens is 390 g/mol. The zero-order valence-corrected chi connectivity index (χ0v) is 16.2. The van der Waals surface area contributed by atoms with Crippen molar-refractivity contribution in [2.24, 2.45) is 5.73 Å². The van der Waals surface area contributed by atoms with Crippen LogP contribution in [-0.2, 0) is 4.79 Å². The van der Waals surface area contributed by atoms with E-state index in [0.29, 0.717) is 16.7 Å². The lowest BCUT2D eigenvalue weighted by molar-refractivity contribution is -0.133. The number of H-pyrrole nitrogens is 2. The molecule has 5 N–H and O–H groups in total. The molecule has 2 aromatic heterocycles. The zero-order valence-electron chi connectivity index (χ0n) is 15.4. The number of nitrogens with zero attached hydrogens (tertiary/aromatic N) is 2. The Morgan fingerprint density at radius 1 is 1.10 bits per heavy atom. The maximum Gasteiger partial charge on any atom is 0.313 e. The molecule has 0 atom stereocenters. The fourth-order valence-electron chi connectivity index (χ4n) is 3.10. The Balaban J connectivity index is 1.69. The van der Waals surface area contributed by atoms with Crippen LogP contribution in [0.2, 0.25) is 0 Å². The van der Waals surface area contributed by atoms with Crippen LogP contribution < -0.4 is 5.73 Å². The van der Waals surface area contributed by atoms with Crippen molar-refractivity contribution in [1.29, 1.82) is 0 Å². The smallest absolute Gasteiger partial charge is 0.313 e. The monoisotopic (exact) mass is 407 g/mol. The second-order valence-electron chi connectivity index (χ2n) is 6.59. The summed E-state index contributed by atoms with van der Waals surface area (Å²) in [5.74, 6) is -0.941. The zero-order chi connectivity index (χ0) is 20.5. The first-order valence-electron chi connectivity index (χ1n) is 8.71. The summed E-state index contributed by atoms with van der Waals surface area (Å²) in [5.41, 5.74) is 10.4. The van der Waals surface area contributed by atoms with E-state index >= 15 is 0 Å². The van der Waals surface area contributed by atoms with E-state index in [0.717, 1.165) is 44.9 Å². The van der Waals surface area contributed by atoms with Crippen molar-refractivity contribution < 1.29 is 14.7 Å². The SMILES string of the molecule is Cc1cc(-c2ccc3[nH]c(C(N)=O)cc3c2)cc(-c2nc(SCC(=O)O)n[nH]2)c1. The molecule has 1 amide bonds. The molecule has 0 radical (unpaired) electrons. The van der Waals surface area contributed by atoms with E-state index in [1.165, 1.54) is 0 Å². The lowest BCUT2D eigenvalue weighted by Crippen LogP contribution is -2.10. The number of aryl methyl sites for hydroxylation is 1. The molecular formula is C20H17N5O3S. The molecule has 146 valence electrons. The molecule has 0 saturated heterocycles. The van der Waals surface area contributed by atoms with E-state index in [1.807, 2.05) is 37.3 Å². The highest BCUT2D eigenvalue weighted by molar-refractivity contribution is 7.99. The van der Waals surface area contributed by atoms with Gasteiger partial charge in [0, 0.05) is 16.5 Å². The molecule has 2 heterocycles. The van der Waals surface area contributed by atoms with Crippen molar-refractivity contribution in [1.82, 2.24) is 20.2 Å². The number of aliphatic carboxylic acids is 1. The molecule has 0 spiro atoms. The molecule has 8 nitrogen and oxygen atoms in total. The summed E-state index contributed by atoms with van der Waals surface area (Å²) < 4.78 is 0. The van der Waals surface area contributed by atoms with Gasteiger partial charge >= 0.3 is 5.97 Å². The summed E-state index contributed by atoms with van der Waals surface area (Å²) in [6.07, 6.45) is 0. The van der Waals surface area contributed by atoms with Gasteiger partial charge in [-0.25, -0.2) is 4.98 Å². The number of rotatable bonds is 6. The minimum absolute atomic E-state index is 0.0969. The van der Waals surface area contributed by atoms with Gasteiger partial charge in [0.2, 0.25) is 5.16 Å². The first-order valence-corrected chi connectivity index (χ1v) is 9.69. The predicted molar refractivity (Wildman–Crippen MR) is 111 cm³/mol. The van der Waals surface area contributed by atoms with Gasteiger partial charge in [-0.3, -0.25) is 14.7 Å². The number of nitrogens with two attached hydrogens (primary N) is 1. The summed E-state index contributed by atoms with van der Waals surface area (Å²) in [4.78, 5) is 29.5. The van der Waals surface area contributed by atoms with Gasteiger partial charge < -0.3 is 15.8 Å². The summed E-state index contributed by atoms with van der Waals surface area (Å²) in [6.45, 7) is 1.99. The summed E-state index contributed by atoms with van der Waals surface area (Å²) in [7, 11) is 0. The molecule has 0 aliphatic carbocycles. The average molecular weight is 407 g/mol. The summed E-state index contributed by atoms with van der Waals surface area (Å²) in [6, 6.07) is 13.6. The fourth-order valence-corrected chi connectivity index (χ4v) is 3.62. The number of amides is 1. The summed E-state index contributed by atoms with van der Waals surface area (Å²) >= 11 is 1.06. The van der Waals surface area contributed by atoms with Crippen LogP contribution in [0.1, 0.15) is 16.1 Å². The van der Waals surface area contributed by atoms with Crippen LogP contribution in [0.5, 0.6) is 0 Å². The molecule has 9 heteroatoms. The van der Waals surface area contributed by atoms with Crippen molar-refractivity contribution in [2.75, 3.05) is 5.75 Å². The molecule has 0 saturated carbocycles. The highest BCUT2D eigenvalue weighted by atomic mass is 32.2. The minimum Gasteiger partial charge on any atom is -0.481 e. The lowest BCUT2D eigenvalue weighted by atomic mass is 9.99. The quantitative estimate of drug-likeness (QED) is 0.362. The van der Waals surface area contributed by atoms with Gasteiger partial charge in [-0.1, -0.05) is 23.9 Å². The maximum absolute atomic E-state index is 11.4. The van der Waals surface area contributed by atoms with Crippen LogP contribution in [0.3, 0.4) is 0 Å². The van der Waals surface area contributed by atoms with Crippen LogP contribution >= 0.6 is 11.8 Å². The van der Waals surface area contributed by atoms with E-state index in [-0.39, 0.29) is 5.75 Å². The van der Waals surface area contributed by atoms with Crippen molar-refractivity contribution in [3.63, 3.8) is 0 Å². The largest absolute Gasteiger partial charge is 0.481 e. The normalized spacial score (nSPS) is 11.1. The number of carbonyl (C=O) groups excluding carboxylic acids is 1. The first-order chi connectivity index (χ1) is 13.9. The van der Waals surface area contributed by atoms with Gasteiger partial charge in [0.1, 0.15) is 5.69 Å². The Morgan fingerprint density at radius 3 is 2.66 bits per heavy atom. The number of fused-ring (bicyclic) bond motifs is 1. The Kier molecular flexibility index (Phi) is 4.81. The maximum atomic E-state index is 11.4. The van der Waals surface area contributed by atoms with Crippen LogP contribution in [0.15, 0.2) is 47.6 Å². The van der Waals surface area contributed by atoms with E-state index in [2.05, 4.69) is 26.2 Å². The number of nitrogens with one attached hydrogen (secondary N) is 2. The fraction of sp³-hybridized carbons (Fsp3) is 0.100. The number of carbonyl (C=O) groups is 2. The Morgan fingerprint density at radius 2 is 1.90 bits per heavy atom. The molecule has 4 aromatic rings. The Hall–Kier alpha value is -3.59. The number of hydrogen-bond acceptors (Lipinski definition) is 5. The van der Waals surface area contributed by atoms with Gasteiger partial charge in [0.05, 0.1) is 5.75 Å². The van der Waals surface area contributed by atoms with Gasteiger partial charge in [0.25, 0.3) is 5.91 Å². The second-order valence-corrected chi connectivity index (χ2v) is 7.53. The minimum atomic E-state index is -0.918. The van der Waals surface area contributed by atoms with Crippen molar-refractivity contribution in [3.05, 3.63) is 53.7 Å². The number of aromatic nitrogens is 4. The van der Waals surface area contributed by atoms with Crippen LogP contribution in [-0.4, -0.2) is 42.9 Å². The lowest BCUT2D eigenvalue weighted by Gasteiger charge is -2.07. The number of carboxylic acid groups (broad SMARTS) is 1. The number of benzene rings is 2. The molecule has 4 rings (SSSR count). The van der Waals surface area contributed by atoms with Crippen LogP contribution in [0.25, 0.3) is 33.4 Å². The first kappa shape index (κ1) is 18.8. The van der Waals surface area contributed by atoms with E-state index in [9.17, 15) is 9.59 Å². The number of carboxylic acids is 1. The third-order valence-electron chi connectivity index (χ3n) is 4.36. The topological polar surface area (TPSA) is 138 Å². The van der Waals surface area contributed by atoms with Crippen molar-refractivity contribution in [2.45, 2.75) is 12.1 Å². The third-order valence-corrected chi connectivity index (χ3v) is 5.19. The van der Waals surface area contributed by atoms with Gasteiger partial charge in [-0.2, -0.15) is 0 Å². The Bertz CT molecular complexity index is 1240. The van der Waals surface area contributed by atoms with E-state index in [4.69, 9.17) is 10.8 Å². The average Bonchev–Trinajstić information content (AvgIpc) is 3.32. The van der Waals surface area contributed by atoms with Crippen molar-refractivity contribution >= 4 is 34.5 Å². The second kappa shape index (κ2) is 7.44. The number of thioether (sulfide) groups is 1. The molecule has 0 aliphatic rings. The molecule has 2 aromatic carbocycles. The number of primary amides is 1. The van der Waals surface area contributed by atoms with Crippen LogP contribution in [0.4, 0.5) is 0 Å². The molecule has 29 heavy (non-hydrogen) atoms. The number of hydrogen-bond donors (Lipinski definition) is 4. The van der Waals surface area contributed by atoms with Gasteiger partial charge in [-0.05, 0) is 53.9 Å². The molecule has 0 bridgehead atoms. The third kappa shape index (κ3) is 3.99. The van der Waals surface area contributed by atoms with Gasteiger partial charge in [0.15, 0.2) is 5.82 Å². The number of aromatic amines is 2. The predicted octanol–water partition coefficient (Wildman–Crippen LogP) is 3.20. The molecule has 0 aliphatic heterocycles. The van der Waals surface area contributed by atoms with Crippen LogP contribution in [0, 0.1) is 6.92 Å². The van der Waals surface area contributed by atoms with Crippen molar-refractivity contribution in [3.8, 4) is 22.5 Å². The molecule has 0 unspecified atom stereocenters. The van der Waals surface area contributed by atoms with E-state index in [1.54, 1.807) is 6.07 Å². The molecule has 0 fully saturated rings. The Labute approximate surface area is 169 Å². The van der Waals surface area contributed by atoms with E-state index < -0.39 is 11.9 Å². The summed E-state index contributed by atoms with van der Waals surface area (Å²) in [5, 5.41) is 17.0. The highest BCUT2D eigenvalue weighted by Crippen LogP contribution is 2.30. The highest BCUT2D eigenvalue weighted by Gasteiger charge is 2.11. The van der Waals surface area contributed by atoms with Gasteiger partial charge in [-0.15, -0.1) is 5.10 Å². The standard InChI is InChI=1S/C20H17N5O3S/c1-10-4-12(11-2-3-15-13(6-11)8-16(22-15)18(21)28)7-14(5-10)19-23-20(25-24-19)29-9-17(26)27/h2-8,22H,9H2,1H3,(H2,21,28)(H,26,27)(H,23,24,25).